The summed E-state index contributed by atoms with van der Waals surface area (Å²) in [4.78, 5) is 26.6. The number of ether oxygens (including phenoxy) is 1. The fourth-order valence-corrected chi connectivity index (χ4v) is 5.43. The number of benzene rings is 2. The monoisotopic (exact) mass is 390 g/mol. The number of carbonyl (C=O) groups is 2. The van der Waals surface area contributed by atoms with Gasteiger partial charge in [-0.15, -0.1) is 0 Å². The molecule has 5 heteroatoms. The minimum Gasteiger partial charge on any atom is -0.467 e. The molecule has 2 N–H and O–H groups in total. The highest BCUT2D eigenvalue weighted by Gasteiger charge is 2.60. The molecular formula is C24H26N2O3. The topological polar surface area (TPSA) is 67.4 Å². The van der Waals surface area contributed by atoms with Crippen molar-refractivity contribution < 1.29 is 14.3 Å². The Morgan fingerprint density at radius 2 is 2.00 bits per heavy atom. The zero-order valence-electron chi connectivity index (χ0n) is 16.8. The first-order valence-corrected chi connectivity index (χ1v) is 10.5. The predicted molar refractivity (Wildman–Crippen MR) is 111 cm³/mol. The van der Waals surface area contributed by atoms with Crippen molar-refractivity contribution in [1.29, 1.82) is 0 Å². The van der Waals surface area contributed by atoms with Gasteiger partial charge in [-0.3, -0.25) is 9.59 Å². The van der Waals surface area contributed by atoms with Gasteiger partial charge in [-0.25, -0.2) is 0 Å². The Kier molecular flexibility index (Phi) is 4.16. The van der Waals surface area contributed by atoms with Crippen LogP contribution < -0.4 is 15.4 Å². The van der Waals surface area contributed by atoms with Crippen LogP contribution >= 0.6 is 0 Å². The molecule has 3 unspecified atom stereocenters. The van der Waals surface area contributed by atoms with E-state index in [0.29, 0.717) is 0 Å². The van der Waals surface area contributed by atoms with E-state index >= 15 is 0 Å². The lowest BCUT2D eigenvalue weighted by Crippen LogP contribution is -2.69. The van der Waals surface area contributed by atoms with Crippen LogP contribution in [0.4, 0.5) is 5.69 Å². The molecule has 4 atom stereocenters. The number of piperidine rings is 1. The van der Waals surface area contributed by atoms with Gasteiger partial charge in [0.1, 0.15) is 11.7 Å². The zero-order chi connectivity index (χ0) is 20.2. The van der Waals surface area contributed by atoms with Crippen LogP contribution in [0.2, 0.25) is 0 Å². The summed E-state index contributed by atoms with van der Waals surface area (Å²) in [5.41, 5.74) is 3.13. The highest BCUT2D eigenvalue weighted by atomic mass is 16.5. The summed E-state index contributed by atoms with van der Waals surface area (Å²) in [6.45, 7) is 3.96. The van der Waals surface area contributed by atoms with Gasteiger partial charge in [-0.1, -0.05) is 36.8 Å². The van der Waals surface area contributed by atoms with Crippen molar-refractivity contribution in [2.75, 3.05) is 5.32 Å². The summed E-state index contributed by atoms with van der Waals surface area (Å²) in [7, 11) is 0. The average molecular weight is 390 g/mol. The molecule has 0 spiro atoms. The third kappa shape index (κ3) is 2.83. The van der Waals surface area contributed by atoms with E-state index in [1.165, 1.54) is 0 Å². The summed E-state index contributed by atoms with van der Waals surface area (Å²) in [5.74, 6) is -0.503. The number of aryl methyl sites for hydroxylation is 2. The highest BCUT2D eigenvalue weighted by molar-refractivity contribution is 6.08. The largest absolute Gasteiger partial charge is 0.467 e. The number of fused-ring (bicyclic) bond motifs is 2. The zero-order valence-corrected chi connectivity index (χ0v) is 16.8. The fourth-order valence-electron chi connectivity index (χ4n) is 5.43. The predicted octanol–water partition coefficient (Wildman–Crippen LogP) is 4.05. The molecule has 1 saturated heterocycles. The Balaban J connectivity index is 1.56. The second-order valence-corrected chi connectivity index (χ2v) is 8.68. The van der Waals surface area contributed by atoms with Crippen molar-refractivity contribution in [3.63, 3.8) is 0 Å². The van der Waals surface area contributed by atoms with Gasteiger partial charge in [-0.05, 0) is 55.5 Å². The molecule has 2 heterocycles. The molecule has 0 aromatic heterocycles. The number of para-hydroxylation sites is 1. The molecule has 2 bridgehead atoms. The molecule has 0 radical (unpaired) electrons. The summed E-state index contributed by atoms with van der Waals surface area (Å²) in [6, 6.07) is 13.8. The highest BCUT2D eigenvalue weighted by Crippen LogP contribution is 2.55. The fraction of sp³-hybridized carbons (Fsp3) is 0.417. The molecule has 2 aliphatic heterocycles. The van der Waals surface area contributed by atoms with Crippen LogP contribution in [0, 0.1) is 25.7 Å². The number of nitrogens with one attached hydrogen (secondary N) is 2. The van der Waals surface area contributed by atoms with E-state index in [4.69, 9.17) is 4.74 Å². The van der Waals surface area contributed by atoms with Crippen LogP contribution in [0.3, 0.4) is 0 Å². The Bertz CT molecular complexity index is 1000. The van der Waals surface area contributed by atoms with Crippen LogP contribution in [0.15, 0.2) is 42.5 Å². The first-order valence-electron chi connectivity index (χ1n) is 10.5. The molecule has 2 aromatic carbocycles. The molecule has 1 aliphatic carbocycles. The van der Waals surface area contributed by atoms with Crippen LogP contribution in [0.25, 0.3) is 0 Å². The van der Waals surface area contributed by atoms with E-state index in [0.717, 1.165) is 53.8 Å². The van der Waals surface area contributed by atoms with Crippen LogP contribution in [0.1, 0.15) is 48.3 Å². The molecule has 2 amide bonds. The van der Waals surface area contributed by atoms with Crippen molar-refractivity contribution in [2.45, 2.75) is 51.2 Å². The quantitative estimate of drug-likeness (QED) is 0.760. The first-order chi connectivity index (χ1) is 14.0. The van der Waals surface area contributed by atoms with Crippen molar-refractivity contribution in [1.82, 2.24) is 5.32 Å². The minimum atomic E-state index is -0.767. The van der Waals surface area contributed by atoms with Gasteiger partial charge in [0.15, 0.2) is 5.72 Å². The molecule has 2 fully saturated rings. The van der Waals surface area contributed by atoms with Crippen LogP contribution in [-0.2, 0) is 9.59 Å². The van der Waals surface area contributed by atoms with Gasteiger partial charge >= 0.3 is 0 Å². The van der Waals surface area contributed by atoms with E-state index in [9.17, 15) is 9.59 Å². The Labute approximate surface area is 170 Å². The maximum atomic E-state index is 13.4. The molecule has 2 aromatic rings. The van der Waals surface area contributed by atoms with Crippen molar-refractivity contribution >= 4 is 17.5 Å². The number of hydrogen-bond donors (Lipinski definition) is 2. The lowest BCUT2D eigenvalue weighted by atomic mass is 9.62. The summed E-state index contributed by atoms with van der Waals surface area (Å²) >= 11 is 0. The molecule has 1 saturated carbocycles. The van der Waals surface area contributed by atoms with Crippen molar-refractivity contribution in [3.05, 3.63) is 59.2 Å². The molecular weight excluding hydrogens is 364 g/mol. The van der Waals surface area contributed by atoms with E-state index in [1.807, 2.05) is 56.3 Å². The van der Waals surface area contributed by atoms with Crippen molar-refractivity contribution in [2.24, 2.45) is 11.8 Å². The lowest BCUT2D eigenvalue weighted by Gasteiger charge is -2.56. The van der Waals surface area contributed by atoms with Gasteiger partial charge in [0, 0.05) is 23.9 Å². The standard InChI is InChI=1S/C24H26N2O3/c1-14-10-11-15(2)18(13-14)25-22(27)21-20-16-7-3-4-9-19(16)29-24(26-23(21)28)12-6-5-8-17(20)24/h3-4,7,9-11,13,17,20-21H,5-6,8,12H2,1-2H3,(H,25,27)(H,26,28)/t17?,20?,21?,24-/m1/s1. The van der Waals surface area contributed by atoms with E-state index < -0.39 is 11.6 Å². The van der Waals surface area contributed by atoms with E-state index in [1.54, 1.807) is 0 Å². The maximum absolute atomic E-state index is 13.4. The Morgan fingerprint density at radius 3 is 2.86 bits per heavy atom. The number of hydrogen-bond acceptors (Lipinski definition) is 3. The van der Waals surface area contributed by atoms with Crippen LogP contribution in [-0.4, -0.2) is 17.5 Å². The number of rotatable bonds is 2. The molecule has 5 rings (SSSR count). The number of anilines is 1. The van der Waals surface area contributed by atoms with Gasteiger partial charge < -0.3 is 15.4 Å². The molecule has 29 heavy (non-hydrogen) atoms. The smallest absolute Gasteiger partial charge is 0.237 e. The maximum Gasteiger partial charge on any atom is 0.237 e. The average Bonchev–Trinajstić information content (AvgIpc) is 2.69. The van der Waals surface area contributed by atoms with E-state index in [-0.39, 0.29) is 23.7 Å². The third-order valence-electron chi connectivity index (χ3n) is 6.83. The summed E-state index contributed by atoms with van der Waals surface area (Å²) < 4.78 is 6.38. The number of carbonyl (C=O) groups excluding carboxylic acids is 2. The lowest BCUT2D eigenvalue weighted by molar-refractivity contribution is -0.160. The first kappa shape index (κ1) is 18.2. The normalized spacial score (nSPS) is 29.7. The van der Waals surface area contributed by atoms with Gasteiger partial charge in [0.2, 0.25) is 11.8 Å². The Morgan fingerprint density at radius 1 is 1.17 bits per heavy atom. The summed E-state index contributed by atoms with van der Waals surface area (Å²) in [6.07, 6.45) is 3.85. The van der Waals surface area contributed by atoms with Gasteiger partial charge in [0.25, 0.3) is 0 Å². The molecule has 3 aliphatic rings. The Hall–Kier alpha value is -2.82. The van der Waals surface area contributed by atoms with Crippen molar-refractivity contribution in [3.8, 4) is 5.75 Å². The summed E-state index contributed by atoms with van der Waals surface area (Å²) in [5, 5.41) is 6.16. The number of amides is 2. The minimum absolute atomic E-state index is 0.109. The van der Waals surface area contributed by atoms with Gasteiger partial charge in [-0.2, -0.15) is 0 Å². The van der Waals surface area contributed by atoms with Gasteiger partial charge in [0.05, 0.1) is 0 Å². The molecule has 5 nitrogen and oxygen atoms in total. The van der Waals surface area contributed by atoms with Crippen LogP contribution in [0.5, 0.6) is 5.75 Å². The van der Waals surface area contributed by atoms with E-state index in [2.05, 4.69) is 10.6 Å². The second kappa shape index (κ2) is 6.61. The molecule has 150 valence electrons. The SMILES string of the molecule is Cc1ccc(C)c(NC(=O)C2C(=O)N[C@@]34CCCCC3C2c2ccccc2O4)c1. The second-order valence-electron chi connectivity index (χ2n) is 8.68. The third-order valence-corrected chi connectivity index (χ3v) is 6.83.